The zero-order chi connectivity index (χ0) is 22.8. The van der Waals surface area contributed by atoms with Crippen LogP contribution in [0.4, 0.5) is 0 Å². The number of pyridine rings is 1. The van der Waals surface area contributed by atoms with E-state index in [0.717, 1.165) is 27.7 Å². The second-order valence-corrected chi connectivity index (χ2v) is 9.16. The van der Waals surface area contributed by atoms with Crippen LogP contribution in [0.1, 0.15) is 41.8 Å². The van der Waals surface area contributed by atoms with Crippen LogP contribution in [0.15, 0.2) is 48.5 Å². The first-order chi connectivity index (χ1) is 15.3. The number of benzene rings is 2. The molecule has 1 aliphatic rings. The number of nitrogens with zero attached hydrogens (tertiary/aromatic N) is 3. The van der Waals surface area contributed by atoms with Gasteiger partial charge in [-0.2, -0.15) is 0 Å². The number of rotatable bonds is 4. The summed E-state index contributed by atoms with van der Waals surface area (Å²) in [4.78, 5) is 34.6. The first-order valence-electron chi connectivity index (χ1n) is 11.4. The van der Waals surface area contributed by atoms with Gasteiger partial charge in [0.2, 0.25) is 5.91 Å². The summed E-state index contributed by atoms with van der Waals surface area (Å²) in [6.07, 6.45) is 0.558. The fourth-order valence-corrected chi connectivity index (χ4v) is 4.40. The molecule has 2 aromatic carbocycles. The number of carbonyl (C=O) groups is 2. The van der Waals surface area contributed by atoms with Gasteiger partial charge in [-0.1, -0.05) is 55.8 Å². The van der Waals surface area contributed by atoms with Gasteiger partial charge in [0, 0.05) is 43.5 Å². The molecule has 3 aromatic rings. The summed E-state index contributed by atoms with van der Waals surface area (Å²) in [6, 6.07) is 16.0. The van der Waals surface area contributed by atoms with Crippen LogP contribution >= 0.6 is 0 Å². The maximum atomic E-state index is 13.6. The van der Waals surface area contributed by atoms with Gasteiger partial charge >= 0.3 is 0 Å². The van der Waals surface area contributed by atoms with Gasteiger partial charge in [0.25, 0.3) is 5.91 Å². The number of piperazine rings is 1. The third-order valence-corrected chi connectivity index (χ3v) is 6.11. The lowest BCUT2D eigenvalue weighted by Crippen LogP contribution is -2.50. The Kier molecular flexibility index (Phi) is 6.26. The molecule has 0 bridgehead atoms. The van der Waals surface area contributed by atoms with Crippen molar-refractivity contribution in [3.05, 3.63) is 65.2 Å². The van der Waals surface area contributed by atoms with E-state index >= 15 is 0 Å². The highest BCUT2D eigenvalue weighted by Gasteiger charge is 2.26. The number of hydrogen-bond donors (Lipinski definition) is 0. The molecule has 2 heterocycles. The Morgan fingerprint density at radius 3 is 2.31 bits per heavy atom. The quantitative estimate of drug-likeness (QED) is 0.596. The van der Waals surface area contributed by atoms with Crippen LogP contribution in [0.2, 0.25) is 0 Å². The summed E-state index contributed by atoms with van der Waals surface area (Å²) in [5.74, 6) is 0.526. The highest BCUT2D eigenvalue weighted by atomic mass is 16.2. The van der Waals surface area contributed by atoms with Gasteiger partial charge in [-0.25, -0.2) is 4.98 Å². The number of aryl methyl sites for hydroxylation is 2. The number of aromatic nitrogens is 1. The minimum atomic E-state index is 0.00516. The number of fused-ring (bicyclic) bond motifs is 1. The van der Waals surface area contributed by atoms with Gasteiger partial charge in [0.05, 0.1) is 16.8 Å². The van der Waals surface area contributed by atoms with Crippen molar-refractivity contribution in [1.82, 2.24) is 14.8 Å². The Labute approximate surface area is 190 Å². The van der Waals surface area contributed by atoms with Crippen molar-refractivity contribution < 1.29 is 9.59 Å². The molecule has 1 fully saturated rings. The lowest BCUT2D eigenvalue weighted by Gasteiger charge is -2.35. The van der Waals surface area contributed by atoms with Crippen LogP contribution in [0.3, 0.4) is 0 Å². The molecule has 32 heavy (non-hydrogen) atoms. The summed E-state index contributed by atoms with van der Waals surface area (Å²) < 4.78 is 0. The summed E-state index contributed by atoms with van der Waals surface area (Å²) in [6.45, 7) is 10.5. The Morgan fingerprint density at radius 1 is 0.938 bits per heavy atom. The largest absolute Gasteiger partial charge is 0.339 e. The van der Waals surface area contributed by atoms with E-state index in [-0.39, 0.29) is 11.8 Å². The molecule has 0 spiro atoms. The standard InChI is InChI=1S/C27H31N3O2/c1-18(2)15-26(31)29-11-13-30(14-12-29)27(32)23-17-25(21-10-9-19(3)16-20(21)4)28-24-8-6-5-7-22(23)24/h5-10,16-18H,11-15H2,1-4H3. The molecular weight excluding hydrogens is 398 g/mol. The summed E-state index contributed by atoms with van der Waals surface area (Å²) >= 11 is 0. The van der Waals surface area contributed by atoms with E-state index in [1.165, 1.54) is 5.56 Å². The average molecular weight is 430 g/mol. The van der Waals surface area contributed by atoms with Gasteiger partial charge in [-0.15, -0.1) is 0 Å². The van der Waals surface area contributed by atoms with Crippen LogP contribution in [0.5, 0.6) is 0 Å². The molecule has 1 aromatic heterocycles. The molecule has 0 atom stereocenters. The number of carbonyl (C=O) groups excluding carboxylic acids is 2. The zero-order valence-electron chi connectivity index (χ0n) is 19.4. The molecule has 5 heteroatoms. The molecule has 5 nitrogen and oxygen atoms in total. The van der Waals surface area contributed by atoms with E-state index in [4.69, 9.17) is 4.98 Å². The highest BCUT2D eigenvalue weighted by molar-refractivity contribution is 6.07. The number of para-hydroxylation sites is 1. The van der Waals surface area contributed by atoms with Gasteiger partial charge in [-0.05, 0) is 37.5 Å². The molecule has 4 rings (SSSR count). The SMILES string of the molecule is Cc1ccc(-c2cc(C(=O)N3CCN(C(=O)CC(C)C)CC3)c3ccccc3n2)c(C)c1. The first-order valence-corrected chi connectivity index (χ1v) is 11.4. The number of hydrogen-bond acceptors (Lipinski definition) is 3. The van der Waals surface area contributed by atoms with E-state index in [1.807, 2.05) is 40.1 Å². The van der Waals surface area contributed by atoms with Crippen molar-refractivity contribution in [2.45, 2.75) is 34.1 Å². The third-order valence-electron chi connectivity index (χ3n) is 6.11. The highest BCUT2D eigenvalue weighted by Crippen LogP contribution is 2.28. The molecule has 0 radical (unpaired) electrons. The molecule has 1 saturated heterocycles. The Balaban J connectivity index is 1.64. The van der Waals surface area contributed by atoms with E-state index in [2.05, 4.69) is 45.9 Å². The average Bonchev–Trinajstić information content (AvgIpc) is 2.77. The molecular formula is C27H31N3O2. The van der Waals surface area contributed by atoms with E-state index in [1.54, 1.807) is 0 Å². The van der Waals surface area contributed by atoms with Crippen molar-refractivity contribution in [2.24, 2.45) is 5.92 Å². The van der Waals surface area contributed by atoms with Crippen LogP contribution in [0, 0.1) is 19.8 Å². The predicted octanol–water partition coefficient (Wildman–Crippen LogP) is 4.85. The Bertz CT molecular complexity index is 1160. The lowest BCUT2D eigenvalue weighted by molar-refractivity contribution is -0.133. The van der Waals surface area contributed by atoms with E-state index in [9.17, 15) is 9.59 Å². The van der Waals surface area contributed by atoms with E-state index in [0.29, 0.717) is 44.1 Å². The molecule has 0 unspecified atom stereocenters. The third kappa shape index (κ3) is 4.52. The smallest absolute Gasteiger partial charge is 0.254 e. The van der Waals surface area contributed by atoms with Crippen molar-refractivity contribution in [1.29, 1.82) is 0 Å². The van der Waals surface area contributed by atoms with Crippen molar-refractivity contribution in [3.63, 3.8) is 0 Å². The lowest BCUT2D eigenvalue weighted by atomic mass is 9.99. The Hall–Kier alpha value is -3.21. The zero-order valence-corrected chi connectivity index (χ0v) is 19.4. The fourth-order valence-electron chi connectivity index (χ4n) is 4.40. The van der Waals surface area contributed by atoms with Crippen molar-refractivity contribution >= 4 is 22.7 Å². The molecule has 2 amide bonds. The summed E-state index contributed by atoms with van der Waals surface area (Å²) in [7, 11) is 0. The molecule has 0 N–H and O–H groups in total. The normalized spacial score (nSPS) is 14.3. The monoisotopic (exact) mass is 429 g/mol. The summed E-state index contributed by atoms with van der Waals surface area (Å²) in [5.41, 5.74) is 5.69. The van der Waals surface area contributed by atoms with Crippen LogP contribution in [0.25, 0.3) is 22.2 Å². The summed E-state index contributed by atoms with van der Waals surface area (Å²) in [5, 5.41) is 0.865. The van der Waals surface area contributed by atoms with Crippen LogP contribution in [-0.2, 0) is 4.79 Å². The van der Waals surface area contributed by atoms with Crippen LogP contribution in [-0.4, -0.2) is 52.8 Å². The van der Waals surface area contributed by atoms with Gasteiger partial charge in [0.15, 0.2) is 0 Å². The predicted molar refractivity (Wildman–Crippen MR) is 129 cm³/mol. The molecule has 166 valence electrons. The topological polar surface area (TPSA) is 53.5 Å². The fraction of sp³-hybridized carbons (Fsp3) is 0.370. The second-order valence-electron chi connectivity index (χ2n) is 9.16. The van der Waals surface area contributed by atoms with Gasteiger partial charge in [0.1, 0.15) is 0 Å². The van der Waals surface area contributed by atoms with Crippen molar-refractivity contribution in [3.8, 4) is 11.3 Å². The number of amides is 2. The van der Waals surface area contributed by atoms with Gasteiger partial charge in [-0.3, -0.25) is 9.59 Å². The molecule has 0 saturated carbocycles. The molecule has 1 aliphatic heterocycles. The second kappa shape index (κ2) is 9.11. The minimum absolute atomic E-state index is 0.00516. The minimum Gasteiger partial charge on any atom is -0.339 e. The van der Waals surface area contributed by atoms with Gasteiger partial charge < -0.3 is 9.80 Å². The maximum Gasteiger partial charge on any atom is 0.254 e. The van der Waals surface area contributed by atoms with E-state index < -0.39 is 0 Å². The van der Waals surface area contributed by atoms with Crippen LogP contribution < -0.4 is 0 Å². The first kappa shape index (κ1) is 22.0. The molecule has 0 aliphatic carbocycles. The van der Waals surface area contributed by atoms with Crippen molar-refractivity contribution in [2.75, 3.05) is 26.2 Å². The Morgan fingerprint density at radius 2 is 1.62 bits per heavy atom. The maximum absolute atomic E-state index is 13.6.